The van der Waals surface area contributed by atoms with Gasteiger partial charge >= 0.3 is 6.09 Å². The van der Waals surface area contributed by atoms with Crippen LogP contribution in [0.1, 0.15) is 39.2 Å². The molecule has 1 fully saturated rings. The van der Waals surface area contributed by atoms with E-state index in [0.29, 0.717) is 12.6 Å². The smallest absolute Gasteiger partial charge is 0.410 e. The molecule has 24 heavy (non-hydrogen) atoms. The van der Waals surface area contributed by atoms with Crippen molar-refractivity contribution in [1.82, 2.24) is 10.2 Å². The van der Waals surface area contributed by atoms with Crippen molar-refractivity contribution in [3.63, 3.8) is 0 Å². The summed E-state index contributed by atoms with van der Waals surface area (Å²) in [4.78, 5) is 13.8. The highest BCUT2D eigenvalue weighted by Crippen LogP contribution is 2.15. The molecule has 1 heterocycles. The van der Waals surface area contributed by atoms with Gasteiger partial charge in [0.1, 0.15) is 5.60 Å². The number of likely N-dealkylation sites (tertiary alicyclic amines) is 1. The topological polar surface area (TPSA) is 50.8 Å². The molecule has 0 spiro atoms. The zero-order valence-corrected chi connectivity index (χ0v) is 15.1. The number of nitrogens with zero attached hydrogens (tertiary/aromatic N) is 1. The average Bonchev–Trinajstić information content (AvgIpc) is 2.99. The minimum atomic E-state index is -0.432. The summed E-state index contributed by atoms with van der Waals surface area (Å²) in [6.07, 6.45) is 1.73. The van der Waals surface area contributed by atoms with Gasteiger partial charge in [0.25, 0.3) is 0 Å². The molecular formula is C19H30N2O3. The van der Waals surface area contributed by atoms with E-state index in [1.54, 1.807) is 4.90 Å². The Bertz CT molecular complexity index is 499. The average molecular weight is 334 g/mol. The molecule has 134 valence electrons. The molecule has 1 aromatic carbocycles. The van der Waals surface area contributed by atoms with E-state index in [4.69, 9.17) is 9.47 Å². The van der Waals surface area contributed by atoms with Crippen molar-refractivity contribution >= 4 is 6.09 Å². The quantitative estimate of drug-likeness (QED) is 0.778. The SMILES string of the molecule is CC(C)(C)OC(=O)N1CCC(NCCCOCc2ccccc2)C1. The molecule has 0 bridgehead atoms. The third-order valence-corrected chi connectivity index (χ3v) is 3.85. The van der Waals surface area contributed by atoms with Crippen molar-refractivity contribution in [2.45, 2.75) is 51.9 Å². The van der Waals surface area contributed by atoms with Crippen LogP contribution in [-0.2, 0) is 16.1 Å². The van der Waals surface area contributed by atoms with Gasteiger partial charge in [0.2, 0.25) is 0 Å². The van der Waals surface area contributed by atoms with E-state index in [1.165, 1.54) is 5.56 Å². The van der Waals surface area contributed by atoms with Crippen LogP contribution in [0, 0.1) is 0 Å². The second-order valence-corrected chi connectivity index (χ2v) is 7.26. The molecule has 1 unspecified atom stereocenters. The minimum Gasteiger partial charge on any atom is -0.444 e. The van der Waals surface area contributed by atoms with Crippen LogP contribution >= 0.6 is 0 Å². The van der Waals surface area contributed by atoms with E-state index in [9.17, 15) is 4.79 Å². The summed E-state index contributed by atoms with van der Waals surface area (Å²) in [6, 6.07) is 10.6. The summed E-state index contributed by atoms with van der Waals surface area (Å²) in [5, 5.41) is 3.50. The van der Waals surface area contributed by atoms with E-state index in [-0.39, 0.29) is 6.09 Å². The van der Waals surface area contributed by atoms with Gasteiger partial charge in [-0.2, -0.15) is 0 Å². The van der Waals surface area contributed by atoms with Crippen LogP contribution in [0.3, 0.4) is 0 Å². The van der Waals surface area contributed by atoms with Crippen LogP contribution in [0.5, 0.6) is 0 Å². The molecule has 1 saturated heterocycles. The largest absolute Gasteiger partial charge is 0.444 e. The summed E-state index contributed by atoms with van der Waals surface area (Å²) < 4.78 is 11.1. The van der Waals surface area contributed by atoms with Crippen LogP contribution in [0.2, 0.25) is 0 Å². The van der Waals surface area contributed by atoms with Crippen LogP contribution < -0.4 is 5.32 Å². The summed E-state index contributed by atoms with van der Waals surface area (Å²) in [5.74, 6) is 0. The molecule has 2 rings (SSSR count). The van der Waals surface area contributed by atoms with E-state index >= 15 is 0 Å². The van der Waals surface area contributed by atoms with Crippen molar-refractivity contribution in [3.8, 4) is 0 Å². The van der Waals surface area contributed by atoms with E-state index in [2.05, 4.69) is 17.4 Å². The standard InChI is InChI=1S/C19H30N2O3/c1-19(2,3)24-18(22)21-12-10-17(14-21)20-11-7-13-23-15-16-8-5-4-6-9-16/h4-6,8-9,17,20H,7,10-15H2,1-3H3. The Balaban J connectivity index is 1.53. The summed E-state index contributed by atoms with van der Waals surface area (Å²) in [6.45, 7) is 9.48. The van der Waals surface area contributed by atoms with Crippen molar-refractivity contribution < 1.29 is 14.3 Å². The zero-order valence-electron chi connectivity index (χ0n) is 15.1. The number of carbonyl (C=O) groups is 1. The highest BCUT2D eigenvalue weighted by atomic mass is 16.6. The van der Waals surface area contributed by atoms with Gasteiger partial charge in [0, 0.05) is 25.7 Å². The lowest BCUT2D eigenvalue weighted by Crippen LogP contribution is -2.38. The van der Waals surface area contributed by atoms with Gasteiger partial charge in [0.15, 0.2) is 0 Å². The zero-order chi connectivity index (χ0) is 17.4. The fourth-order valence-corrected chi connectivity index (χ4v) is 2.66. The number of benzene rings is 1. The lowest BCUT2D eigenvalue weighted by molar-refractivity contribution is 0.0290. The van der Waals surface area contributed by atoms with Crippen molar-refractivity contribution in [2.24, 2.45) is 0 Å². The predicted octanol–water partition coefficient (Wildman–Crippen LogP) is 3.19. The molecule has 0 saturated carbocycles. The molecule has 1 amide bonds. The maximum absolute atomic E-state index is 12.0. The van der Waals surface area contributed by atoms with Gasteiger partial charge in [-0.15, -0.1) is 0 Å². The van der Waals surface area contributed by atoms with Gasteiger partial charge in [-0.1, -0.05) is 30.3 Å². The number of amides is 1. The summed E-state index contributed by atoms with van der Waals surface area (Å²) in [5.41, 5.74) is 0.771. The highest BCUT2D eigenvalue weighted by molar-refractivity contribution is 5.68. The molecule has 1 N–H and O–H groups in total. The number of hydrogen-bond donors (Lipinski definition) is 1. The van der Waals surface area contributed by atoms with Crippen LogP contribution in [0.15, 0.2) is 30.3 Å². The third-order valence-electron chi connectivity index (χ3n) is 3.85. The Hall–Kier alpha value is -1.59. The Kier molecular flexibility index (Phi) is 7.06. The monoisotopic (exact) mass is 334 g/mol. The van der Waals surface area contributed by atoms with Gasteiger partial charge in [-0.25, -0.2) is 4.79 Å². The lowest BCUT2D eigenvalue weighted by Gasteiger charge is -2.24. The molecule has 5 heteroatoms. The number of carbonyl (C=O) groups excluding carboxylic acids is 1. The normalized spacial score (nSPS) is 18.0. The highest BCUT2D eigenvalue weighted by Gasteiger charge is 2.29. The minimum absolute atomic E-state index is 0.210. The van der Waals surface area contributed by atoms with Crippen molar-refractivity contribution in [3.05, 3.63) is 35.9 Å². The van der Waals surface area contributed by atoms with Crippen molar-refractivity contribution in [2.75, 3.05) is 26.2 Å². The number of ether oxygens (including phenoxy) is 2. The second-order valence-electron chi connectivity index (χ2n) is 7.26. The fraction of sp³-hybridized carbons (Fsp3) is 0.632. The van der Waals surface area contributed by atoms with E-state index in [0.717, 1.165) is 39.1 Å². The molecule has 1 aliphatic rings. The maximum Gasteiger partial charge on any atom is 0.410 e. The Labute approximate surface area is 145 Å². The number of rotatable bonds is 7. The first-order valence-corrected chi connectivity index (χ1v) is 8.77. The van der Waals surface area contributed by atoms with Crippen molar-refractivity contribution in [1.29, 1.82) is 0 Å². The van der Waals surface area contributed by atoms with Crippen LogP contribution in [0.4, 0.5) is 4.79 Å². The third kappa shape index (κ3) is 6.89. The molecule has 1 aliphatic heterocycles. The van der Waals surface area contributed by atoms with Gasteiger partial charge in [-0.05, 0) is 45.7 Å². The maximum atomic E-state index is 12.0. The Morgan fingerprint density at radius 2 is 2.04 bits per heavy atom. The molecule has 0 aliphatic carbocycles. The Morgan fingerprint density at radius 3 is 2.75 bits per heavy atom. The van der Waals surface area contributed by atoms with Gasteiger partial charge in [-0.3, -0.25) is 0 Å². The van der Waals surface area contributed by atoms with Gasteiger partial charge in [0.05, 0.1) is 6.61 Å². The Morgan fingerprint density at radius 1 is 1.29 bits per heavy atom. The predicted molar refractivity (Wildman–Crippen MR) is 94.9 cm³/mol. The second kappa shape index (κ2) is 9.04. The molecule has 0 radical (unpaired) electrons. The van der Waals surface area contributed by atoms with E-state index in [1.807, 2.05) is 39.0 Å². The van der Waals surface area contributed by atoms with Crippen LogP contribution in [0.25, 0.3) is 0 Å². The molecule has 1 atom stereocenters. The first-order valence-electron chi connectivity index (χ1n) is 8.77. The molecule has 0 aromatic heterocycles. The first-order chi connectivity index (χ1) is 11.4. The van der Waals surface area contributed by atoms with Crippen LogP contribution in [-0.4, -0.2) is 48.9 Å². The summed E-state index contributed by atoms with van der Waals surface area (Å²) in [7, 11) is 0. The number of nitrogens with one attached hydrogen (secondary N) is 1. The fourth-order valence-electron chi connectivity index (χ4n) is 2.66. The molecule has 5 nitrogen and oxygen atoms in total. The lowest BCUT2D eigenvalue weighted by atomic mass is 10.2. The first kappa shape index (κ1) is 18.7. The van der Waals surface area contributed by atoms with E-state index < -0.39 is 5.60 Å². The summed E-state index contributed by atoms with van der Waals surface area (Å²) >= 11 is 0. The number of hydrogen-bond acceptors (Lipinski definition) is 4. The molecular weight excluding hydrogens is 304 g/mol. The van der Waals surface area contributed by atoms with Gasteiger partial charge < -0.3 is 19.7 Å². The molecule has 1 aromatic rings.